The molecule has 0 bridgehead atoms. The molecule has 0 spiro atoms. The second-order valence-electron chi connectivity index (χ2n) is 5.52. The van der Waals surface area contributed by atoms with E-state index in [0.717, 1.165) is 5.82 Å². The molecule has 0 aliphatic rings. The molecule has 20 heavy (non-hydrogen) atoms. The minimum atomic E-state index is -4.90. The first-order chi connectivity index (χ1) is 9.07. The van der Waals surface area contributed by atoms with Crippen molar-refractivity contribution in [2.75, 3.05) is 5.32 Å². The quantitative estimate of drug-likeness (QED) is 0.844. The fraction of sp³-hybridized carbons (Fsp3) is 0.385. The van der Waals surface area contributed by atoms with Gasteiger partial charge in [0.15, 0.2) is 0 Å². The van der Waals surface area contributed by atoms with E-state index in [4.69, 9.17) is 0 Å². The van der Waals surface area contributed by atoms with Crippen molar-refractivity contribution in [1.29, 1.82) is 0 Å². The molecule has 7 heteroatoms. The Balaban J connectivity index is 2.32. The van der Waals surface area contributed by atoms with Gasteiger partial charge >= 0.3 is 12.1 Å². The highest BCUT2D eigenvalue weighted by atomic mass is 19.4. The van der Waals surface area contributed by atoms with Crippen LogP contribution in [0.3, 0.4) is 0 Å². The lowest BCUT2D eigenvalue weighted by Gasteiger charge is -2.13. The Morgan fingerprint density at radius 2 is 1.90 bits per heavy atom. The highest BCUT2D eigenvalue weighted by Gasteiger charge is 2.38. The van der Waals surface area contributed by atoms with Crippen molar-refractivity contribution in [3.8, 4) is 0 Å². The fourth-order valence-electron chi connectivity index (χ4n) is 1.64. The van der Waals surface area contributed by atoms with Gasteiger partial charge in [-0.3, -0.25) is 4.79 Å². The molecule has 1 aromatic heterocycles. The average molecular weight is 285 g/mol. The Kier molecular flexibility index (Phi) is 3.23. The lowest BCUT2D eigenvalue weighted by molar-refractivity contribution is -0.167. The monoisotopic (exact) mass is 285 g/mol. The van der Waals surface area contributed by atoms with E-state index >= 15 is 0 Å². The van der Waals surface area contributed by atoms with Crippen LogP contribution < -0.4 is 5.32 Å². The number of imidazole rings is 1. The molecule has 0 unspecified atom stereocenters. The normalized spacial score (nSPS) is 12.7. The molecule has 0 saturated carbocycles. The van der Waals surface area contributed by atoms with Gasteiger partial charge in [0, 0.05) is 11.1 Å². The topological polar surface area (TPSA) is 57.8 Å². The number of carbonyl (C=O) groups excluding carboxylic acids is 1. The van der Waals surface area contributed by atoms with Crippen LogP contribution >= 0.6 is 0 Å². The summed E-state index contributed by atoms with van der Waals surface area (Å²) in [6.45, 7) is 5.91. The zero-order valence-electron chi connectivity index (χ0n) is 11.2. The molecule has 1 aromatic carbocycles. The molecule has 0 fully saturated rings. The van der Waals surface area contributed by atoms with E-state index in [0.29, 0.717) is 11.0 Å². The van der Waals surface area contributed by atoms with E-state index in [-0.39, 0.29) is 11.1 Å². The zero-order chi connectivity index (χ0) is 15.1. The van der Waals surface area contributed by atoms with E-state index in [9.17, 15) is 18.0 Å². The summed E-state index contributed by atoms with van der Waals surface area (Å²) in [6, 6.07) is 4.38. The molecular formula is C13H14F3N3O. The summed E-state index contributed by atoms with van der Waals surface area (Å²) >= 11 is 0. The third-order valence-corrected chi connectivity index (χ3v) is 2.71. The van der Waals surface area contributed by atoms with E-state index in [1.165, 1.54) is 12.1 Å². The Hall–Kier alpha value is -2.05. The van der Waals surface area contributed by atoms with Crippen molar-refractivity contribution in [2.45, 2.75) is 32.4 Å². The third-order valence-electron chi connectivity index (χ3n) is 2.71. The molecule has 2 N–H and O–H groups in total. The van der Waals surface area contributed by atoms with Crippen LogP contribution in [0.5, 0.6) is 0 Å². The molecule has 2 aromatic rings. The molecule has 0 saturated heterocycles. The molecule has 1 heterocycles. The van der Waals surface area contributed by atoms with Crippen LogP contribution in [-0.4, -0.2) is 22.1 Å². The van der Waals surface area contributed by atoms with Crippen LogP contribution in [-0.2, 0) is 10.2 Å². The Bertz CT molecular complexity index is 653. The molecule has 1 amide bonds. The summed E-state index contributed by atoms with van der Waals surface area (Å²) in [5.41, 5.74) is 1.09. The van der Waals surface area contributed by atoms with Crippen molar-refractivity contribution in [1.82, 2.24) is 9.97 Å². The number of aromatic amines is 1. The van der Waals surface area contributed by atoms with Gasteiger partial charge in [-0.2, -0.15) is 13.2 Å². The van der Waals surface area contributed by atoms with E-state index in [1.807, 2.05) is 26.1 Å². The van der Waals surface area contributed by atoms with Gasteiger partial charge in [-0.15, -0.1) is 0 Å². The van der Waals surface area contributed by atoms with Gasteiger partial charge in [0.05, 0.1) is 11.0 Å². The Morgan fingerprint density at radius 1 is 1.25 bits per heavy atom. The second kappa shape index (κ2) is 4.50. The van der Waals surface area contributed by atoms with Crippen LogP contribution in [0, 0.1) is 0 Å². The first-order valence-corrected chi connectivity index (χ1v) is 5.96. The molecule has 4 nitrogen and oxygen atoms in total. The second-order valence-corrected chi connectivity index (χ2v) is 5.52. The maximum Gasteiger partial charge on any atom is 0.471 e. The first-order valence-electron chi connectivity index (χ1n) is 5.96. The maximum atomic E-state index is 12.2. The van der Waals surface area contributed by atoms with Crippen molar-refractivity contribution >= 4 is 22.6 Å². The Labute approximate surface area is 113 Å². The number of aromatic nitrogens is 2. The number of halogens is 3. The molecular weight excluding hydrogens is 271 g/mol. The highest BCUT2D eigenvalue weighted by molar-refractivity contribution is 5.96. The molecule has 0 aliphatic carbocycles. The number of fused-ring (bicyclic) bond motifs is 1. The molecule has 108 valence electrons. The maximum absolute atomic E-state index is 12.2. The van der Waals surface area contributed by atoms with Crippen LogP contribution in [0.15, 0.2) is 18.2 Å². The predicted octanol–water partition coefficient (Wildman–Crippen LogP) is 3.36. The van der Waals surface area contributed by atoms with Crippen LogP contribution in [0.25, 0.3) is 11.0 Å². The smallest absolute Gasteiger partial charge is 0.341 e. The molecule has 2 rings (SSSR count). The minimum Gasteiger partial charge on any atom is -0.341 e. The lowest BCUT2D eigenvalue weighted by Crippen LogP contribution is -2.29. The van der Waals surface area contributed by atoms with Gasteiger partial charge in [-0.25, -0.2) is 4.98 Å². The number of nitrogens with one attached hydrogen (secondary N) is 2. The van der Waals surface area contributed by atoms with Crippen LogP contribution in [0.1, 0.15) is 26.6 Å². The predicted molar refractivity (Wildman–Crippen MR) is 69.5 cm³/mol. The fourth-order valence-corrected chi connectivity index (χ4v) is 1.64. The van der Waals surface area contributed by atoms with Gasteiger partial charge in [-0.05, 0) is 18.2 Å². The minimum absolute atomic E-state index is 0.0731. The van der Waals surface area contributed by atoms with Crippen LogP contribution in [0.2, 0.25) is 0 Å². The van der Waals surface area contributed by atoms with Crippen molar-refractivity contribution in [3.05, 3.63) is 24.0 Å². The number of hydrogen-bond donors (Lipinski definition) is 2. The summed E-state index contributed by atoms with van der Waals surface area (Å²) in [5, 5.41) is 1.81. The standard InChI is InChI=1S/C13H14F3N3O/c1-12(2,3)10-18-8-5-4-7(6-9(8)19-10)17-11(20)13(14,15)16/h4-6H,1-3H3,(H,17,20)(H,18,19). The zero-order valence-corrected chi connectivity index (χ0v) is 11.2. The lowest BCUT2D eigenvalue weighted by atomic mass is 9.96. The van der Waals surface area contributed by atoms with E-state index in [1.54, 1.807) is 6.07 Å². The summed E-state index contributed by atoms with van der Waals surface area (Å²) < 4.78 is 36.5. The summed E-state index contributed by atoms with van der Waals surface area (Å²) in [4.78, 5) is 18.3. The molecule has 0 atom stereocenters. The summed E-state index contributed by atoms with van der Waals surface area (Å²) in [7, 11) is 0. The van der Waals surface area contributed by atoms with Gasteiger partial charge in [0.2, 0.25) is 0 Å². The molecule has 0 aliphatic heterocycles. The number of hydrogen-bond acceptors (Lipinski definition) is 2. The number of anilines is 1. The number of amides is 1. The number of benzene rings is 1. The molecule has 0 radical (unpaired) electrons. The number of alkyl halides is 3. The highest BCUT2D eigenvalue weighted by Crippen LogP contribution is 2.25. The number of H-pyrrole nitrogens is 1. The van der Waals surface area contributed by atoms with Gasteiger partial charge in [0.1, 0.15) is 5.82 Å². The van der Waals surface area contributed by atoms with Gasteiger partial charge in [0.25, 0.3) is 0 Å². The van der Waals surface area contributed by atoms with Gasteiger partial charge in [-0.1, -0.05) is 20.8 Å². The SMILES string of the molecule is CC(C)(C)c1nc2ccc(NC(=O)C(F)(F)F)cc2[nH]1. The largest absolute Gasteiger partial charge is 0.471 e. The number of nitrogens with zero attached hydrogens (tertiary/aromatic N) is 1. The first kappa shape index (κ1) is 14.4. The van der Waals surface area contributed by atoms with Crippen molar-refractivity contribution in [2.24, 2.45) is 0 Å². The van der Waals surface area contributed by atoms with E-state index < -0.39 is 12.1 Å². The van der Waals surface area contributed by atoms with Gasteiger partial charge < -0.3 is 10.3 Å². The van der Waals surface area contributed by atoms with E-state index in [2.05, 4.69) is 9.97 Å². The third kappa shape index (κ3) is 2.92. The summed E-state index contributed by atoms with van der Waals surface area (Å²) in [6.07, 6.45) is -4.90. The van der Waals surface area contributed by atoms with Crippen LogP contribution in [0.4, 0.5) is 18.9 Å². The number of carbonyl (C=O) groups is 1. The van der Waals surface area contributed by atoms with Crippen molar-refractivity contribution in [3.63, 3.8) is 0 Å². The number of rotatable bonds is 1. The average Bonchev–Trinajstić information content (AvgIpc) is 2.70. The summed E-state index contributed by atoms with van der Waals surface area (Å²) in [5.74, 6) is -1.26. The van der Waals surface area contributed by atoms with Crippen molar-refractivity contribution < 1.29 is 18.0 Å². The Morgan fingerprint density at radius 3 is 2.45 bits per heavy atom.